The number of rotatable bonds is 4. The van der Waals surface area contributed by atoms with Crippen LogP contribution in [0.5, 0.6) is 0 Å². The van der Waals surface area contributed by atoms with Gasteiger partial charge in [0, 0.05) is 14.2 Å². The minimum Gasteiger partial charge on any atom is -0.383 e. The van der Waals surface area contributed by atoms with Crippen LogP contribution in [0, 0.1) is 0 Å². The second-order valence-electron chi connectivity index (χ2n) is 2.06. The van der Waals surface area contributed by atoms with Crippen LogP contribution in [-0.4, -0.2) is 33.0 Å². The number of hydrogen-bond donors (Lipinski definition) is 1. The predicted molar refractivity (Wildman–Crippen MR) is 36.3 cm³/mol. The molecule has 2 N–H and O–H groups in total. The summed E-state index contributed by atoms with van der Waals surface area (Å²) in [5, 5.41) is 0. The summed E-state index contributed by atoms with van der Waals surface area (Å²) < 4.78 is 9.78. The van der Waals surface area contributed by atoms with Gasteiger partial charge in [0.15, 0.2) is 0 Å². The maximum absolute atomic E-state index is 5.59. The van der Waals surface area contributed by atoms with Gasteiger partial charge in [-0.3, -0.25) is 0 Å². The first-order valence-corrected chi connectivity index (χ1v) is 2.99. The van der Waals surface area contributed by atoms with E-state index in [0.29, 0.717) is 6.61 Å². The molecule has 0 aromatic carbocycles. The molecule has 0 saturated carbocycles. The normalized spacial score (nSPS) is 17.3. The molecule has 0 bridgehead atoms. The number of nitrogens with two attached hydrogens (primary N) is 1. The Balaban J connectivity index is 3.32. The SMILES string of the molecule is COC[C@@H](N)[C@H](C)OC. The lowest BCUT2D eigenvalue weighted by atomic mass is 10.2. The Bertz CT molecular complexity index is 68.1. The molecular weight excluding hydrogens is 118 g/mol. The van der Waals surface area contributed by atoms with Crippen molar-refractivity contribution in [3.8, 4) is 0 Å². The molecule has 0 aromatic heterocycles. The minimum absolute atomic E-state index is 0.0139. The van der Waals surface area contributed by atoms with Crippen LogP contribution >= 0.6 is 0 Å². The summed E-state index contributed by atoms with van der Waals surface area (Å²) in [5.74, 6) is 0. The van der Waals surface area contributed by atoms with E-state index in [4.69, 9.17) is 15.2 Å². The standard InChI is InChI=1S/C6H15NO2/c1-5(9-3)6(7)4-8-2/h5-6H,4,7H2,1-3H3/t5-,6+/m0/s1. The van der Waals surface area contributed by atoms with Gasteiger partial charge in [-0.15, -0.1) is 0 Å². The lowest BCUT2D eigenvalue weighted by Gasteiger charge is -2.16. The molecule has 0 heterocycles. The van der Waals surface area contributed by atoms with Crippen molar-refractivity contribution in [1.82, 2.24) is 0 Å². The highest BCUT2D eigenvalue weighted by molar-refractivity contribution is 4.66. The second-order valence-corrected chi connectivity index (χ2v) is 2.06. The maximum atomic E-state index is 5.59. The van der Waals surface area contributed by atoms with E-state index >= 15 is 0 Å². The molecule has 9 heavy (non-hydrogen) atoms. The van der Waals surface area contributed by atoms with Crippen LogP contribution in [0.15, 0.2) is 0 Å². The van der Waals surface area contributed by atoms with Crippen molar-refractivity contribution in [2.45, 2.75) is 19.1 Å². The van der Waals surface area contributed by atoms with Gasteiger partial charge in [-0.25, -0.2) is 0 Å². The molecule has 0 aliphatic rings. The first-order valence-electron chi connectivity index (χ1n) is 2.99. The summed E-state index contributed by atoms with van der Waals surface area (Å²) in [5.41, 5.74) is 5.59. The number of ether oxygens (including phenoxy) is 2. The molecule has 0 saturated heterocycles. The van der Waals surface area contributed by atoms with Crippen LogP contribution in [0.1, 0.15) is 6.92 Å². The molecule has 0 aliphatic heterocycles. The molecule has 3 heteroatoms. The van der Waals surface area contributed by atoms with Crippen molar-refractivity contribution in [3.05, 3.63) is 0 Å². The van der Waals surface area contributed by atoms with Crippen molar-refractivity contribution in [1.29, 1.82) is 0 Å². The Labute approximate surface area is 56.1 Å². The van der Waals surface area contributed by atoms with E-state index in [0.717, 1.165) is 0 Å². The highest BCUT2D eigenvalue weighted by atomic mass is 16.5. The van der Waals surface area contributed by atoms with Crippen LogP contribution in [-0.2, 0) is 9.47 Å². The van der Waals surface area contributed by atoms with Gasteiger partial charge >= 0.3 is 0 Å². The molecule has 2 atom stereocenters. The molecule has 0 rings (SSSR count). The fourth-order valence-corrected chi connectivity index (χ4v) is 0.503. The summed E-state index contributed by atoms with van der Waals surface area (Å²) in [4.78, 5) is 0. The molecule has 0 spiro atoms. The Morgan fingerprint density at radius 1 is 1.44 bits per heavy atom. The van der Waals surface area contributed by atoms with Crippen molar-refractivity contribution in [2.24, 2.45) is 5.73 Å². The largest absolute Gasteiger partial charge is 0.383 e. The van der Waals surface area contributed by atoms with E-state index in [1.54, 1.807) is 14.2 Å². The molecule has 0 unspecified atom stereocenters. The zero-order valence-corrected chi connectivity index (χ0v) is 6.26. The Morgan fingerprint density at radius 3 is 2.33 bits per heavy atom. The Morgan fingerprint density at radius 2 is 2.00 bits per heavy atom. The monoisotopic (exact) mass is 133 g/mol. The van der Waals surface area contributed by atoms with Crippen LogP contribution in [0.3, 0.4) is 0 Å². The molecule has 0 radical (unpaired) electrons. The summed E-state index contributed by atoms with van der Waals surface area (Å²) in [6.07, 6.45) is 0.0740. The first kappa shape index (κ1) is 8.88. The molecule has 0 aliphatic carbocycles. The van der Waals surface area contributed by atoms with Crippen LogP contribution in [0.25, 0.3) is 0 Å². The average Bonchev–Trinajstić information content (AvgIpc) is 1.87. The third kappa shape index (κ3) is 3.46. The smallest absolute Gasteiger partial charge is 0.0716 e. The van der Waals surface area contributed by atoms with Gasteiger partial charge in [0.1, 0.15) is 0 Å². The van der Waals surface area contributed by atoms with E-state index in [9.17, 15) is 0 Å². The molecule has 3 nitrogen and oxygen atoms in total. The first-order chi connectivity index (χ1) is 4.22. The summed E-state index contributed by atoms with van der Waals surface area (Å²) in [7, 11) is 3.27. The predicted octanol–water partition coefficient (Wildman–Crippen LogP) is -0.00500. The van der Waals surface area contributed by atoms with Crippen LogP contribution < -0.4 is 5.73 Å². The van der Waals surface area contributed by atoms with Gasteiger partial charge in [-0.2, -0.15) is 0 Å². The second kappa shape index (κ2) is 4.73. The van der Waals surface area contributed by atoms with Crippen molar-refractivity contribution in [3.63, 3.8) is 0 Å². The van der Waals surface area contributed by atoms with E-state index in [1.807, 2.05) is 6.92 Å². The van der Waals surface area contributed by atoms with Crippen LogP contribution in [0.4, 0.5) is 0 Å². The van der Waals surface area contributed by atoms with Gasteiger partial charge < -0.3 is 15.2 Å². The summed E-state index contributed by atoms with van der Waals surface area (Å²) in [6, 6.07) is -0.0139. The lowest BCUT2D eigenvalue weighted by molar-refractivity contribution is 0.0600. The molecular formula is C6H15NO2. The van der Waals surface area contributed by atoms with Crippen molar-refractivity contribution < 1.29 is 9.47 Å². The van der Waals surface area contributed by atoms with E-state index in [-0.39, 0.29) is 12.1 Å². The lowest BCUT2D eigenvalue weighted by Crippen LogP contribution is -2.37. The Kier molecular flexibility index (Phi) is 4.67. The zero-order chi connectivity index (χ0) is 7.28. The van der Waals surface area contributed by atoms with Gasteiger partial charge in [0.2, 0.25) is 0 Å². The third-order valence-corrected chi connectivity index (χ3v) is 1.33. The fourth-order valence-electron chi connectivity index (χ4n) is 0.503. The highest BCUT2D eigenvalue weighted by Gasteiger charge is 2.09. The number of hydrogen-bond acceptors (Lipinski definition) is 3. The molecule has 0 amide bonds. The van der Waals surface area contributed by atoms with Gasteiger partial charge in [0.05, 0.1) is 18.8 Å². The summed E-state index contributed by atoms with van der Waals surface area (Å²) >= 11 is 0. The van der Waals surface area contributed by atoms with Gasteiger partial charge in [-0.05, 0) is 6.92 Å². The van der Waals surface area contributed by atoms with E-state index in [2.05, 4.69) is 0 Å². The van der Waals surface area contributed by atoms with Crippen LogP contribution in [0.2, 0.25) is 0 Å². The zero-order valence-electron chi connectivity index (χ0n) is 6.26. The van der Waals surface area contributed by atoms with Gasteiger partial charge in [-0.1, -0.05) is 0 Å². The third-order valence-electron chi connectivity index (χ3n) is 1.33. The van der Waals surface area contributed by atoms with Gasteiger partial charge in [0.25, 0.3) is 0 Å². The fraction of sp³-hybridized carbons (Fsp3) is 1.00. The van der Waals surface area contributed by atoms with Crippen molar-refractivity contribution >= 4 is 0 Å². The quantitative estimate of drug-likeness (QED) is 0.587. The maximum Gasteiger partial charge on any atom is 0.0716 e. The summed E-state index contributed by atoms with van der Waals surface area (Å²) in [6.45, 7) is 2.47. The molecule has 0 fully saturated rings. The molecule has 56 valence electrons. The van der Waals surface area contributed by atoms with E-state index < -0.39 is 0 Å². The number of methoxy groups -OCH3 is 2. The average molecular weight is 133 g/mol. The topological polar surface area (TPSA) is 44.5 Å². The molecule has 0 aromatic rings. The minimum atomic E-state index is -0.0139. The Hall–Kier alpha value is -0.120. The highest BCUT2D eigenvalue weighted by Crippen LogP contribution is 1.93. The van der Waals surface area contributed by atoms with Crippen molar-refractivity contribution in [2.75, 3.05) is 20.8 Å². The van der Waals surface area contributed by atoms with E-state index in [1.165, 1.54) is 0 Å².